The van der Waals surface area contributed by atoms with Crippen LogP contribution in [0.15, 0.2) is 28.9 Å². The van der Waals surface area contributed by atoms with E-state index in [4.69, 9.17) is 4.74 Å². The van der Waals surface area contributed by atoms with Crippen molar-refractivity contribution in [2.24, 2.45) is 5.18 Å². The molecule has 0 saturated heterocycles. The van der Waals surface area contributed by atoms with Gasteiger partial charge in [0.05, 0.1) is 7.11 Å². The number of fused-ring (bicyclic) bond motifs is 1. The van der Waals surface area contributed by atoms with Crippen LogP contribution in [0.5, 0.6) is 5.75 Å². The summed E-state index contributed by atoms with van der Waals surface area (Å²) < 4.78 is 5.17. The van der Waals surface area contributed by atoms with Gasteiger partial charge in [0, 0.05) is 0 Å². The first-order valence-corrected chi connectivity index (χ1v) is 4.99. The Morgan fingerprint density at radius 1 is 1.40 bits per heavy atom. The summed E-state index contributed by atoms with van der Waals surface area (Å²) in [4.78, 5) is 10.2. The van der Waals surface area contributed by atoms with Gasteiger partial charge in [-0.3, -0.25) is 0 Å². The largest absolute Gasteiger partial charge is 0.497 e. The van der Waals surface area contributed by atoms with Gasteiger partial charge < -0.3 is 4.74 Å². The Labute approximate surface area is 88.7 Å². The van der Waals surface area contributed by atoms with E-state index >= 15 is 0 Å². The molecular formula is C12H13NO2. The highest BCUT2D eigenvalue weighted by atomic mass is 16.5. The van der Waals surface area contributed by atoms with Crippen LogP contribution in [0, 0.1) is 4.91 Å². The number of aryl methyl sites for hydroxylation is 1. The van der Waals surface area contributed by atoms with Gasteiger partial charge in [0.15, 0.2) is 0 Å². The van der Waals surface area contributed by atoms with E-state index in [1.807, 2.05) is 12.1 Å². The summed E-state index contributed by atoms with van der Waals surface area (Å²) in [5.41, 5.74) is 3.58. The average molecular weight is 203 g/mol. The lowest BCUT2D eigenvalue weighted by Crippen LogP contribution is -2.01. The highest BCUT2D eigenvalue weighted by Gasteiger charge is 2.10. The van der Waals surface area contributed by atoms with E-state index in [-0.39, 0.29) is 0 Å². The van der Waals surface area contributed by atoms with Gasteiger partial charge >= 0.3 is 0 Å². The van der Waals surface area contributed by atoms with E-state index in [1.54, 1.807) is 7.11 Å². The molecule has 78 valence electrons. The molecule has 1 aromatic carbocycles. The minimum absolute atomic E-state index is 0.311. The van der Waals surface area contributed by atoms with Crippen LogP contribution in [0.1, 0.15) is 17.5 Å². The molecule has 0 aliphatic heterocycles. The molecule has 0 spiro atoms. The van der Waals surface area contributed by atoms with Crippen molar-refractivity contribution in [3.05, 3.63) is 39.8 Å². The first kappa shape index (κ1) is 9.90. The van der Waals surface area contributed by atoms with E-state index in [0.29, 0.717) is 6.54 Å². The van der Waals surface area contributed by atoms with Crippen molar-refractivity contribution in [1.29, 1.82) is 0 Å². The number of hydrogen-bond donors (Lipinski definition) is 0. The lowest BCUT2D eigenvalue weighted by Gasteiger charge is -2.15. The molecule has 0 unspecified atom stereocenters. The van der Waals surface area contributed by atoms with Gasteiger partial charge in [-0.25, -0.2) is 0 Å². The van der Waals surface area contributed by atoms with Crippen LogP contribution in [-0.2, 0) is 6.42 Å². The molecule has 0 amide bonds. The van der Waals surface area contributed by atoms with Crippen LogP contribution in [0.2, 0.25) is 0 Å². The Balaban J connectivity index is 2.31. The third-order valence-electron chi connectivity index (χ3n) is 2.69. The highest BCUT2D eigenvalue weighted by Crippen LogP contribution is 2.27. The fourth-order valence-electron chi connectivity index (χ4n) is 1.86. The summed E-state index contributed by atoms with van der Waals surface area (Å²) in [7, 11) is 1.67. The first-order valence-electron chi connectivity index (χ1n) is 4.99. The summed E-state index contributed by atoms with van der Waals surface area (Å²) in [5.74, 6) is 0.888. The fourth-order valence-corrected chi connectivity index (χ4v) is 1.86. The van der Waals surface area contributed by atoms with Gasteiger partial charge in [-0.2, -0.15) is 4.91 Å². The zero-order valence-electron chi connectivity index (χ0n) is 8.69. The Kier molecular flexibility index (Phi) is 2.81. The molecule has 0 atom stereocenters. The van der Waals surface area contributed by atoms with Crippen LogP contribution in [0.4, 0.5) is 0 Å². The Bertz CT molecular complexity index is 410. The minimum atomic E-state index is 0.311. The smallest absolute Gasteiger partial charge is 0.119 e. The van der Waals surface area contributed by atoms with Crippen LogP contribution >= 0.6 is 0 Å². The number of hydrogen-bond acceptors (Lipinski definition) is 3. The monoisotopic (exact) mass is 203 g/mol. The van der Waals surface area contributed by atoms with Gasteiger partial charge in [-0.05, 0) is 41.7 Å². The number of ether oxygens (including phenoxy) is 1. The lowest BCUT2D eigenvalue weighted by molar-refractivity contribution is 0.414. The topological polar surface area (TPSA) is 38.7 Å². The van der Waals surface area contributed by atoms with Gasteiger partial charge in [0.2, 0.25) is 0 Å². The normalized spacial score (nSPS) is 14.1. The maximum absolute atomic E-state index is 10.2. The predicted molar refractivity (Wildman–Crippen MR) is 60.0 cm³/mol. The quantitative estimate of drug-likeness (QED) is 0.708. The molecule has 0 bridgehead atoms. The van der Waals surface area contributed by atoms with Gasteiger partial charge in [0.1, 0.15) is 12.3 Å². The number of methoxy groups -OCH3 is 1. The Morgan fingerprint density at radius 2 is 2.27 bits per heavy atom. The van der Waals surface area contributed by atoms with Crippen molar-refractivity contribution in [2.45, 2.75) is 12.8 Å². The summed E-state index contributed by atoms with van der Waals surface area (Å²) >= 11 is 0. The predicted octanol–water partition coefficient (Wildman–Crippen LogP) is 2.79. The van der Waals surface area contributed by atoms with Crippen LogP contribution in [0.25, 0.3) is 6.08 Å². The highest BCUT2D eigenvalue weighted by molar-refractivity contribution is 5.61. The van der Waals surface area contributed by atoms with E-state index in [0.717, 1.165) is 24.2 Å². The Hall–Kier alpha value is -1.64. The van der Waals surface area contributed by atoms with Crippen molar-refractivity contribution in [3.8, 4) is 5.75 Å². The molecule has 1 aliphatic rings. The molecule has 2 rings (SSSR count). The number of benzene rings is 1. The molecule has 0 radical (unpaired) electrons. The minimum Gasteiger partial charge on any atom is -0.497 e. The summed E-state index contributed by atoms with van der Waals surface area (Å²) in [6.45, 7) is 0.311. The maximum Gasteiger partial charge on any atom is 0.119 e. The SMILES string of the molecule is COc1ccc2c(c1)CCC(CN=O)=C2. The molecule has 3 heteroatoms. The lowest BCUT2D eigenvalue weighted by atomic mass is 9.92. The molecule has 0 heterocycles. The van der Waals surface area contributed by atoms with Gasteiger partial charge in [-0.1, -0.05) is 17.3 Å². The number of nitrogens with zero attached hydrogens (tertiary/aromatic N) is 1. The molecule has 15 heavy (non-hydrogen) atoms. The molecule has 1 aliphatic carbocycles. The van der Waals surface area contributed by atoms with Crippen molar-refractivity contribution >= 4 is 6.08 Å². The second-order valence-electron chi connectivity index (χ2n) is 3.65. The molecule has 0 N–H and O–H groups in total. The molecule has 1 aromatic rings. The second kappa shape index (κ2) is 4.26. The molecule has 0 aromatic heterocycles. The van der Waals surface area contributed by atoms with Crippen molar-refractivity contribution in [1.82, 2.24) is 0 Å². The standard InChI is InChI=1S/C12H13NO2/c1-15-12-5-4-10-6-9(8-13-14)2-3-11(10)7-12/h4-7H,2-3,8H2,1H3. The van der Waals surface area contributed by atoms with E-state index in [1.165, 1.54) is 11.1 Å². The van der Waals surface area contributed by atoms with Crippen molar-refractivity contribution < 1.29 is 4.74 Å². The second-order valence-corrected chi connectivity index (χ2v) is 3.65. The zero-order chi connectivity index (χ0) is 10.7. The molecule has 0 saturated carbocycles. The van der Waals surface area contributed by atoms with E-state index in [2.05, 4.69) is 17.3 Å². The third-order valence-corrected chi connectivity index (χ3v) is 2.69. The Morgan fingerprint density at radius 3 is 3.00 bits per heavy atom. The average Bonchev–Trinajstić information content (AvgIpc) is 2.29. The molecular weight excluding hydrogens is 190 g/mol. The first-order chi connectivity index (χ1) is 7.33. The number of rotatable bonds is 3. The third kappa shape index (κ3) is 2.06. The summed E-state index contributed by atoms with van der Waals surface area (Å²) in [6, 6.07) is 6.02. The van der Waals surface area contributed by atoms with Crippen LogP contribution in [-0.4, -0.2) is 13.7 Å². The van der Waals surface area contributed by atoms with Gasteiger partial charge in [-0.15, -0.1) is 0 Å². The van der Waals surface area contributed by atoms with E-state index < -0.39 is 0 Å². The molecule has 0 fully saturated rings. The maximum atomic E-state index is 10.2. The molecule has 3 nitrogen and oxygen atoms in total. The van der Waals surface area contributed by atoms with E-state index in [9.17, 15) is 4.91 Å². The van der Waals surface area contributed by atoms with Crippen LogP contribution in [0.3, 0.4) is 0 Å². The van der Waals surface area contributed by atoms with Gasteiger partial charge in [0.25, 0.3) is 0 Å². The van der Waals surface area contributed by atoms with Crippen LogP contribution < -0.4 is 4.74 Å². The number of nitroso groups, excluding NO2 is 1. The fraction of sp³-hybridized carbons (Fsp3) is 0.333. The summed E-state index contributed by atoms with van der Waals surface area (Å²) in [5, 5.41) is 2.92. The summed E-state index contributed by atoms with van der Waals surface area (Å²) in [6.07, 6.45) is 3.94. The van der Waals surface area contributed by atoms with Crippen molar-refractivity contribution in [3.63, 3.8) is 0 Å². The zero-order valence-corrected chi connectivity index (χ0v) is 8.69. The van der Waals surface area contributed by atoms with Crippen molar-refractivity contribution in [2.75, 3.05) is 13.7 Å².